The number of benzene rings is 1. The molecule has 0 saturated heterocycles. The van der Waals surface area contributed by atoms with E-state index in [0.29, 0.717) is 5.56 Å². The zero-order chi connectivity index (χ0) is 14.0. The summed E-state index contributed by atoms with van der Waals surface area (Å²) in [5.41, 5.74) is 0.414. The van der Waals surface area contributed by atoms with E-state index in [1.807, 2.05) is 0 Å². The van der Waals surface area contributed by atoms with Crippen LogP contribution in [0.2, 0.25) is 0 Å². The standard InChI is InChI=1S/C13H9F2NO3/c1-7-4-9(14)10(15)5-11(7)19-12-3-2-8(6-16-12)13(17)18/h2-6H,1H3,(H,17,18). The van der Waals surface area contributed by atoms with Crippen molar-refractivity contribution in [2.45, 2.75) is 6.92 Å². The molecule has 0 unspecified atom stereocenters. The number of aromatic carboxylic acids is 1. The van der Waals surface area contributed by atoms with Crippen molar-refractivity contribution in [3.8, 4) is 11.6 Å². The normalized spacial score (nSPS) is 10.3. The van der Waals surface area contributed by atoms with E-state index in [1.165, 1.54) is 12.1 Å². The van der Waals surface area contributed by atoms with Crippen LogP contribution in [0.25, 0.3) is 0 Å². The van der Waals surface area contributed by atoms with Crippen molar-refractivity contribution in [2.24, 2.45) is 0 Å². The van der Waals surface area contributed by atoms with Gasteiger partial charge in [-0.25, -0.2) is 18.6 Å². The highest BCUT2D eigenvalue weighted by Gasteiger charge is 2.10. The molecule has 2 aromatic rings. The summed E-state index contributed by atoms with van der Waals surface area (Å²) in [5.74, 6) is -2.88. The molecule has 0 aliphatic rings. The molecule has 1 N–H and O–H groups in total. The van der Waals surface area contributed by atoms with Crippen molar-refractivity contribution >= 4 is 5.97 Å². The van der Waals surface area contributed by atoms with Gasteiger partial charge in [0.15, 0.2) is 11.6 Å². The van der Waals surface area contributed by atoms with Gasteiger partial charge in [0, 0.05) is 18.3 Å². The fraction of sp³-hybridized carbons (Fsp3) is 0.0769. The molecule has 1 aromatic carbocycles. The number of nitrogens with zero attached hydrogens (tertiary/aromatic N) is 1. The third-order valence-corrected chi connectivity index (χ3v) is 2.42. The predicted molar refractivity (Wildman–Crippen MR) is 62.4 cm³/mol. The largest absolute Gasteiger partial charge is 0.478 e. The van der Waals surface area contributed by atoms with Gasteiger partial charge in [-0.2, -0.15) is 0 Å². The molecule has 0 amide bonds. The van der Waals surface area contributed by atoms with Crippen molar-refractivity contribution in [3.63, 3.8) is 0 Å². The summed E-state index contributed by atoms with van der Waals surface area (Å²) in [6, 6.07) is 4.57. The summed E-state index contributed by atoms with van der Waals surface area (Å²) < 4.78 is 31.3. The molecule has 1 aromatic heterocycles. The van der Waals surface area contributed by atoms with Gasteiger partial charge in [0.1, 0.15) is 5.75 Å². The van der Waals surface area contributed by atoms with Crippen LogP contribution in [0.5, 0.6) is 11.6 Å². The maximum absolute atomic E-state index is 13.1. The first-order chi connectivity index (χ1) is 8.97. The molecule has 0 bridgehead atoms. The molecular weight excluding hydrogens is 256 g/mol. The van der Waals surface area contributed by atoms with Crippen molar-refractivity contribution in [1.82, 2.24) is 4.98 Å². The fourth-order valence-electron chi connectivity index (χ4n) is 1.42. The van der Waals surface area contributed by atoms with Crippen molar-refractivity contribution in [2.75, 3.05) is 0 Å². The summed E-state index contributed by atoms with van der Waals surface area (Å²) in [5, 5.41) is 8.70. The van der Waals surface area contributed by atoms with Gasteiger partial charge in [0.25, 0.3) is 0 Å². The van der Waals surface area contributed by atoms with Crippen LogP contribution >= 0.6 is 0 Å². The first kappa shape index (κ1) is 12.9. The van der Waals surface area contributed by atoms with Crippen LogP contribution < -0.4 is 4.74 Å². The Kier molecular flexibility index (Phi) is 3.41. The van der Waals surface area contributed by atoms with Gasteiger partial charge in [0.05, 0.1) is 5.56 Å². The molecule has 19 heavy (non-hydrogen) atoms. The summed E-state index contributed by atoms with van der Waals surface area (Å²) in [4.78, 5) is 14.4. The Balaban J connectivity index is 2.26. The van der Waals surface area contributed by atoms with Crippen LogP contribution in [-0.2, 0) is 0 Å². The third-order valence-electron chi connectivity index (χ3n) is 2.42. The van der Waals surface area contributed by atoms with Gasteiger partial charge in [-0.15, -0.1) is 0 Å². The van der Waals surface area contributed by atoms with Crippen molar-refractivity contribution in [1.29, 1.82) is 0 Å². The van der Waals surface area contributed by atoms with E-state index >= 15 is 0 Å². The van der Waals surface area contributed by atoms with Gasteiger partial charge in [-0.3, -0.25) is 0 Å². The van der Waals surface area contributed by atoms with Crippen LogP contribution in [0.15, 0.2) is 30.5 Å². The smallest absolute Gasteiger partial charge is 0.337 e. The molecule has 4 nitrogen and oxygen atoms in total. The van der Waals surface area contributed by atoms with Crippen LogP contribution in [0, 0.1) is 18.6 Å². The number of ether oxygens (including phenoxy) is 1. The minimum Gasteiger partial charge on any atom is -0.478 e. The van der Waals surface area contributed by atoms with E-state index in [-0.39, 0.29) is 17.2 Å². The van der Waals surface area contributed by atoms with Crippen LogP contribution in [0.1, 0.15) is 15.9 Å². The summed E-state index contributed by atoms with van der Waals surface area (Å²) >= 11 is 0. The number of halogens is 2. The Morgan fingerprint density at radius 2 is 1.95 bits per heavy atom. The average Bonchev–Trinajstić information content (AvgIpc) is 2.36. The minimum atomic E-state index is -1.11. The minimum absolute atomic E-state index is 0.00867. The van der Waals surface area contributed by atoms with E-state index in [1.54, 1.807) is 6.92 Å². The zero-order valence-corrected chi connectivity index (χ0v) is 9.85. The van der Waals surface area contributed by atoms with E-state index < -0.39 is 17.6 Å². The van der Waals surface area contributed by atoms with Gasteiger partial charge in [-0.05, 0) is 24.6 Å². The first-order valence-corrected chi connectivity index (χ1v) is 5.30. The number of hydrogen-bond donors (Lipinski definition) is 1. The van der Waals surface area contributed by atoms with Crippen LogP contribution in [0.4, 0.5) is 8.78 Å². The SMILES string of the molecule is Cc1cc(F)c(F)cc1Oc1ccc(C(=O)O)cn1. The lowest BCUT2D eigenvalue weighted by Crippen LogP contribution is -1.98. The summed E-state index contributed by atoms with van der Waals surface area (Å²) in [7, 11) is 0. The summed E-state index contributed by atoms with van der Waals surface area (Å²) in [6.45, 7) is 1.56. The number of aromatic nitrogens is 1. The Bertz CT molecular complexity index is 627. The molecule has 1 heterocycles. The van der Waals surface area contributed by atoms with Gasteiger partial charge >= 0.3 is 5.97 Å². The number of carbonyl (C=O) groups is 1. The molecule has 0 aliphatic heterocycles. The van der Waals surface area contributed by atoms with Gasteiger partial charge in [-0.1, -0.05) is 0 Å². The zero-order valence-electron chi connectivity index (χ0n) is 9.85. The molecule has 0 spiro atoms. The number of pyridine rings is 1. The molecule has 0 fully saturated rings. The van der Waals surface area contributed by atoms with E-state index in [2.05, 4.69) is 4.98 Å². The Labute approximate surface area is 107 Å². The lowest BCUT2D eigenvalue weighted by atomic mass is 10.2. The maximum Gasteiger partial charge on any atom is 0.337 e. The van der Waals surface area contributed by atoms with E-state index in [9.17, 15) is 13.6 Å². The molecule has 0 saturated carbocycles. The number of hydrogen-bond acceptors (Lipinski definition) is 3. The van der Waals surface area contributed by atoms with Gasteiger partial charge < -0.3 is 9.84 Å². The monoisotopic (exact) mass is 265 g/mol. The Morgan fingerprint density at radius 3 is 2.53 bits per heavy atom. The van der Waals surface area contributed by atoms with Crippen molar-refractivity contribution < 1.29 is 23.4 Å². The van der Waals surface area contributed by atoms with Crippen molar-refractivity contribution in [3.05, 3.63) is 53.2 Å². The lowest BCUT2D eigenvalue weighted by molar-refractivity contribution is 0.0696. The number of aryl methyl sites for hydroxylation is 1. The van der Waals surface area contributed by atoms with E-state index in [0.717, 1.165) is 18.3 Å². The lowest BCUT2D eigenvalue weighted by Gasteiger charge is -2.08. The molecule has 0 radical (unpaired) electrons. The first-order valence-electron chi connectivity index (χ1n) is 5.30. The number of carboxylic acid groups (broad SMARTS) is 1. The Morgan fingerprint density at radius 1 is 1.26 bits per heavy atom. The molecular formula is C13H9F2NO3. The van der Waals surface area contributed by atoms with E-state index in [4.69, 9.17) is 9.84 Å². The quantitative estimate of drug-likeness (QED) is 0.926. The molecule has 0 aliphatic carbocycles. The summed E-state index contributed by atoms with van der Waals surface area (Å²) in [6.07, 6.45) is 1.12. The molecule has 0 atom stereocenters. The van der Waals surface area contributed by atoms with Gasteiger partial charge in [0.2, 0.25) is 5.88 Å². The third kappa shape index (κ3) is 2.85. The second kappa shape index (κ2) is 5.01. The molecule has 2 rings (SSSR count). The predicted octanol–water partition coefficient (Wildman–Crippen LogP) is 3.16. The van der Waals surface area contributed by atoms with Crippen LogP contribution in [-0.4, -0.2) is 16.1 Å². The number of carboxylic acids is 1. The number of rotatable bonds is 3. The highest BCUT2D eigenvalue weighted by Crippen LogP contribution is 2.26. The Hall–Kier alpha value is -2.50. The second-order valence-corrected chi connectivity index (χ2v) is 3.82. The molecule has 98 valence electrons. The second-order valence-electron chi connectivity index (χ2n) is 3.82. The average molecular weight is 265 g/mol. The fourth-order valence-corrected chi connectivity index (χ4v) is 1.42. The van der Waals surface area contributed by atoms with Crippen LogP contribution in [0.3, 0.4) is 0 Å². The topological polar surface area (TPSA) is 59.4 Å². The molecule has 6 heteroatoms. The maximum atomic E-state index is 13.1. The highest BCUT2D eigenvalue weighted by molar-refractivity contribution is 5.87. The highest BCUT2D eigenvalue weighted by atomic mass is 19.2.